The summed E-state index contributed by atoms with van der Waals surface area (Å²) in [6.45, 7) is 3.97. The Morgan fingerprint density at radius 2 is 2.19 bits per heavy atom. The zero-order chi connectivity index (χ0) is 12.3. The molecule has 0 radical (unpaired) electrons. The van der Waals surface area contributed by atoms with Gasteiger partial charge in [0.1, 0.15) is 5.75 Å². The first kappa shape index (κ1) is 13.0. The maximum absolute atomic E-state index is 11.8. The van der Waals surface area contributed by atoms with Crippen molar-refractivity contribution in [2.45, 2.75) is 19.4 Å². The minimum absolute atomic E-state index is 0.0477. The molecule has 0 aliphatic rings. The second-order valence-corrected chi connectivity index (χ2v) is 5.12. The standard InChI is InChI=1S/C11H15BrN2O2/c1-11(2,6-13)14-10(16)8-5-7(12)3-4-9(8)15/h3-5,15H,6,13H2,1-2H3,(H,14,16). The van der Waals surface area contributed by atoms with Crippen LogP contribution in [0.1, 0.15) is 24.2 Å². The van der Waals surface area contributed by atoms with E-state index in [9.17, 15) is 9.90 Å². The maximum Gasteiger partial charge on any atom is 0.255 e. The minimum atomic E-state index is -0.494. The Bertz CT molecular complexity index is 405. The van der Waals surface area contributed by atoms with Crippen LogP contribution >= 0.6 is 15.9 Å². The van der Waals surface area contributed by atoms with Crippen molar-refractivity contribution in [1.29, 1.82) is 0 Å². The number of nitrogens with two attached hydrogens (primary N) is 1. The topological polar surface area (TPSA) is 75.3 Å². The molecule has 0 fully saturated rings. The molecule has 16 heavy (non-hydrogen) atoms. The average Bonchev–Trinajstić information content (AvgIpc) is 2.21. The highest BCUT2D eigenvalue weighted by atomic mass is 79.9. The maximum atomic E-state index is 11.8. The Hall–Kier alpha value is -1.07. The second-order valence-electron chi connectivity index (χ2n) is 4.20. The summed E-state index contributed by atoms with van der Waals surface area (Å²) in [6.07, 6.45) is 0. The predicted octanol–water partition coefficient (Wildman–Crippen LogP) is 1.62. The second kappa shape index (κ2) is 4.84. The lowest BCUT2D eigenvalue weighted by Crippen LogP contribution is -2.48. The highest BCUT2D eigenvalue weighted by Gasteiger charge is 2.21. The predicted molar refractivity (Wildman–Crippen MR) is 66.4 cm³/mol. The van der Waals surface area contributed by atoms with E-state index in [1.54, 1.807) is 12.1 Å². The van der Waals surface area contributed by atoms with Crippen LogP contribution in [0, 0.1) is 0 Å². The Morgan fingerprint density at radius 1 is 1.56 bits per heavy atom. The summed E-state index contributed by atoms with van der Waals surface area (Å²) in [6, 6.07) is 4.70. The van der Waals surface area contributed by atoms with E-state index < -0.39 is 5.54 Å². The Balaban J connectivity index is 2.93. The van der Waals surface area contributed by atoms with Crippen molar-refractivity contribution in [2.75, 3.05) is 6.54 Å². The Labute approximate surface area is 103 Å². The molecular formula is C11H15BrN2O2. The lowest BCUT2D eigenvalue weighted by molar-refractivity contribution is 0.0913. The van der Waals surface area contributed by atoms with Gasteiger partial charge in [0.25, 0.3) is 5.91 Å². The SMILES string of the molecule is CC(C)(CN)NC(=O)c1cc(Br)ccc1O. The zero-order valence-corrected chi connectivity index (χ0v) is 10.8. The smallest absolute Gasteiger partial charge is 0.255 e. The van der Waals surface area contributed by atoms with E-state index in [4.69, 9.17) is 5.73 Å². The molecule has 0 bridgehead atoms. The van der Waals surface area contributed by atoms with Crippen molar-refractivity contribution in [3.8, 4) is 5.75 Å². The quantitative estimate of drug-likeness (QED) is 0.790. The van der Waals surface area contributed by atoms with Crippen molar-refractivity contribution >= 4 is 21.8 Å². The summed E-state index contributed by atoms with van der Waals surface area (Å²) in [4.78, 5) is 11.8. The molecule has 1 rings (SSSR count). The zero-order valence-electron chi connectivity index (χ0n) is 9.25. The lowest BCUT2D eigenvalue weighted by Gasteiger charge is -2.24. The van der Waals surface area contributed by atoms with E-state index in [0.29, 0.717) is 6.54 Å². The molecule has 0 aromatic heterocycles. The van der Waals surface area contributed by atoms with Crippen LogP contribution in [-0.2, 0) is 0 Å². The molecule has 1 aromatic rings. The van der Waals surface area contributed by atoms with Crippen LogP contribution in [0.2, 0.25) is 0 Å². The van der Waals surface area contributed by atoms with Gasteiger partial charge in [-0.15, -0.1) is 0 Å². The van der Waals surface area contributed by atoms with E-state index in [2.05, 4.69) is 21.2 Å². The summed E-state index contributed by atoms with van der Waals surface area (Å²) in [5.74, 6) is -0.386. The molecule has 4 N–H and O–H groups in total. The fourth-order valence-electron chi connectivity index (χ4n) is 1.12. The lowest BCUT2D eigenvalue weighted by atomic mass is 10.0. The van der Waals surface area contributed by atoms with Gasteiger partial charge in [-0.05, 0) is 32.0 Å². The number of aromatic hydroxyl groups is 1. The highest BCUT2D eigenvalue weighted by Crippen LogP contribution is 2.22. The molecule has 0 spiro atoms. The van der Waals surface area contributed by atoms with Crippen LogP contribution < -0.4 is 11.1 Å². The van der Waals surface area contributed by atoms with Gasteiger partial charge < -0.3 is 16.2 Å². The van der Waals surface area contributed by atoms with Crippen LogP contribution in [0.3, 0.4) is 0 Å². The molecule has 88 valence electrons. The fraction of sp³-hybridized carbons (Fsp3) is 0.364. The summed E-state index contributed by atoms with van der Waals surface area (Å²) in [7, 11) is 0. The number of benzene rings is 1. The van der Waals surface area contributed by atoms with Crippen molar-refractivity contribution in [1.82, 2.24) is 5.32 Å². The summed E-state index contributed by atoms with van der Waals surface area (Å²) in [5, 5.41) is 12.3. The van der Waals surface area contributed by atoms with Crippen LogP contribution in [0.5, 0.6) is 5.75 Å². The molecule has 1 aromatic carbocycles. The summed E-state index contributed by atoms with van der Waals surface area (Å²) >= 11 is 3.25. The van der Waals surface area contributed by atoms with Gasteiger partial charge in [-0.25, -0.2) is 0 Å². The van der Waals surface area contributed by atoms with Gasteiger partial charge in [0.15, 0.2) is 0 Å². The van der Waals surface area contributed by atoms with Gasteiger partial charge in [0.05, 0.1) is 5.56 Å². The normalized spacial score (nSPS) is 11.2. The molecular weight excluding hydrogens is 272 g/mol. The van der Waals surface area contributed by atoms with Crippen molar-refractivity contribution < 1.29 is 9.90 Å². The van der Waals surface area contributed by atoms with Gasteiger partial charge in [-0.2, -0.15) is 0 Å². The van der Waals surface area contributed by atoms with E-state index in [-0.39, 0.29) is 17.2 Å². The van der Waals surface area contributed by atoms with E-state index in [1.165, 1.54) is 6.07 Å². The summed E-state index contributed by atoms with van der Waals surface area (Å²) in [5.41, 5.74) is 5.25. The number of amides is 1. The van der Waals surface area contributed by atoms with Crippen molar-refractivity contribution in [3.05, 3.63) is 28.2 Å². The highest BCUT2D eigenvalue weighted by molar-refractivity contribution is 9.10. The van der Waals surface area contributed by atoms with Crippen LogP contribution in [0.15, 0.2) is 22.7 Å². The number of halogens is 1. The molecule has 0 aliphatic heterocycles. The number of phenols is 1. The van der Waals surface area contributed by atoms with Gasteiger partial charge >= 0.3 is 0 Å². The molecule has 4 nitrogen and oxygen atoms in total. The molecule has 0 atom stereocenters. The number of hydrogen-bond donors (Lipinski definition) is 3. The first-order valence-corrected chi connectivity index (χ1v) is 5.66. The number of hydrogen-bond acceptors (Lipinski definition) is 3. The van der Waals surface area contributed by atoms with Crippen LogP contribution in [-0.4, -0.2) is 23.1 Å². The molecule has 0 unspecified atom stereocenters. The first-order valence-electron chi connectivity index (χ1n) is 4.87. The van der Waals surface area contributed by atoms with E-state index in [1.807, 2.05) is 13.8 Å². The van der Waals surface area contributed by atoms with Gasteiger partial charge in [0.2, 0.25) is 0 Å². The molecule has 0 heterocycles. The third-order valence-corrected chi connectivity index (χ3v) is 2.66. The molecule has 1 amide bonds. The Morgan fingerprint density at radius 3 is 2.75 bits per heavy atom. The van der Waals surface area contributed by atoms with E-state index in [0.717, 1.165) is 4.47 Å². The molecule has 5 heteroatoms. The number of carbonyl (C=O) groups excluding carboxylic acids is 1. The van der Waals surface area contributed by atoms with E-state index >= 15 is 0 Å². The molecule has 0 saturated carbocycles. The molecule has 0 saturated heterocycles. The number of carbonyl (C=O) groups is 1. The third-order valence-electron chi connectivity index (χ3n) is 2.17. The first-order chi connectivity index (χ1) is 7.35. The molecule has 0 aliphatic carbocycles. The van der Waals surface area contributed by atoms with Gasteiger partial charge in [-0.3, -0.25) is 4.79 Å². The monoisotopic (exact) mass is 286 g/mol. The van der Waals surface area contributed by atoms with Crippen molar-refractivity contribution in [2.24, 2.45) is 5.73 Å². The minimum Gasteiger partial charge on any atom is -0.507 e. The van der Waals surface area contributed by atoms with Gasteiger partial charge in [0, 0.05) is 16.6 Å². The third kappa shape index (κ3) is 3.21. The Kier molecular flexibility index (Phi) is 3.93. The van der Waals surface area contributed by atoms with Crippen LogP contribution in [0.25, 0.3) is 0 Å². The average molecular weight is 287 g/mol. The fourth-order valence-corrected chi connectivity index (χ4v) is 1.48. The largest absolute Gasteiger partial charge is 0.507 e. The van der Waals surface area contributed by atoms with Crippen LogP contribution in [0.4, 0.5) is 0 Å². The number of rotatable bonds is 3. The van der Waals surface area contributed by atoms with Gasteiger partial charge in [-0.1, -0.05) is 15.9 Å². The number of nitrogens with one attached hydrogen (secondary N) is 1. The summed E-state index contributed by atoms with van der Waals surface area (Å²) < 4.78 is 0.737. The number of phenolic OH excluding ortho intramolecular Hbond substituents is 1. The van der Waals surface area contributed by atoms with Crippen molar-refractivity contribution in [3.63, 3.8) is 0 Å².